The Hall–Kier alpha value is -2.14. The number of carbonyl (C=O) groups is 1. The molecule has 1 saturated heterocycles. The molecule has 6 heteroatoms. The fourth-order valence-corrected chi connectivity index (χ4v) is 3.08. The second-order valence-corrected chi connectivity index (χ2v) is 6.81. The van der Waals surface area contributed by atoms with Gasteiger partial charge in [-0.3, -0.25) is 4.79 Å². The molecule has 2 heterocycles. The minimum Gasteiger partial charge on any atom is -0.339 e. The average molecular weight is 345 g/mol. The molecule has 1 atom stereocenters. The first-order valence-electron chi connectivity index (χ1n) is 8.17. The molecular formula is C18H21ClN4O. The third-order valence-electron chi connectivity index (χ3n) is 4.28. The van der Waals surface area contributed by atoms with Gasteiger partial charge in [0.2, 0.25) is 0 Å². The third kappa shape index (κ3) is 3.85. The van der Waals surface area contributed by atoms with Gasteiger partial charge in [0.05, 0.1) is 12.4 Å². The predicted octanol–water partition coefficient (Wildman–Crippen LogP) is 4.05. The van der Waals surface area contributed by atoms with Gasteiger partial charge in [-0.05, 0) is 43.4 Å². The number of amides is 1. The first kappa shape index (κ1) is 16.7. The molecule has 1 unspecified atom stereocenters. The Bertz CT molecular complexity index is 732. The van der Waals surface area contributed by atoms with E-state index in [1.807, 2.05) is 30.0 Å². The van der Waals surface area contributed by atoms with Crippen LogP contribution in [0.25, 0.3) is 0 Å². The molecule has 1 fully saturated rings. The lowest BCUT2D eigenvalue weighted by Gasteiger charge is -2.30. The number of aromatic nitrogens is 2. The number of halogens is 1. The van der Waals surface area contributed by atoms with E-state index in [4.69, 9.17) is 11.6 Å². The topological polar surface area (TPSA) is 58.1 Å². The summed E-state index contributed by atoms with van der Waals surface area (Å²) >= 11 is 6.02. The van der Waals surface area contributed by atoms with Crippen molar-refractivity contribution in [3.63, 3.8) is 0 Å². The summed E-state index contributed by atoms with van der Waals surface area (Å²) in [6.45, 7) is 5.75. The number of nitrogens with zero attached hydrogens (tertiary/aromatic N) is 3. The molecule has 126 valence electrons. The van der Waals surface area contributed by atoms with Gasteiger partial charge in [0, 0.05) is 23.8 Å². The van der Waals surface area contributed by atoms with Gasteiger partial charge in [-0.2, -0.15) is 0 Å². The van der Waals surface area contributed by atoms with Crippen LogP contribution in [0, 0.1) is 12.8 Å². The molecule has 0 radical (unpaired) electrons. The average Bonchev–Trinajstić information content (AvgIpc) is 2.58. The number of rotatable bonds is 3. The Balaban J connectivity index is 1.71. The quantitative estimate of drug-likeness (QED) is 0.912. The number of likely N-dealkylation sites (tertiary alicyclic amines) is 1. The van der Waals surface area contributed by atoms with Crippen molar-refractivity contribution in [3.05, 3.63) is 46.9 Å². The van der Waals surface area contributed by atoms with Crippen molar-refractivity contribution in [1.82, 2.24) is 14.9 Å². The maximum absolute atomic E-state index is 12.5. The van der Waals surface area contributed by atoms with Crippen molar-refractivity contribution >= 4 is 29.0 Å². The predicted molar refractivity (Wildman–Crippen MR) is 95.8 cm³/mol. The van der Waals surface area contributed by atoms with Crippen LogP contribution in [0.3, 0.4) is 0 Å². The molecule has 0 spiro atoms. The van der Waals surface area contributed by atoms with E-state index in [-0.39, 0.29) is 5.91 Å². The van der Waals surface area contributed by atoms with Gasteiger partial charge < -0.3 is 10.2 Å². The van der Waals surface area contributed by atoms with Crippen LogP contribution >= 0.6 is 11.6 Å². The SMILES string of the molecule is Cc1ccc(Cl)cc1Nc1cnc(C(=O)N2CCCC(C)C2)cn1. The van der Waals surface area contributed by atoms with Crippen LogP contribution in [0.1, 0.15) is 35.8 Å². The number of piperidine rings is 1. The molecule has 1 aliphatic rings. The van der Waals surface area contributed by atoms with Gasteiger partial charge in [-0.25, -0.2) is 9.97 Å². The molecule has 0 aliphatic carbocycles. The zero-order valence-corrected chi connectivity index (χ0v) is 14.7. The van der Waals surface area contributed by atoms with E-state index in [9.17, 15) is 4.79 Å². The molecule has 1 aromatic carbocycles. The van der Waals surface area contributed by atoms with Gasteiger partial charge in [-0.15, -0.1) is 0 Å². The normalized spacial score (nSPS) is 17.6. The number of anilines is 2. The summed E-state index contributed by atoms with van der Waals surface area (Å²) in [6.07, 6.45) is 5.34. The van der Waals surface area contributed by atoms with Crippen molar-refractivity contribution in [2.45, 2.75) is 26.7 Å². The van der Waals surface area contributed by atoms with Crippen LogP contribution in [0.5, 0.6) is 0 Å². The van der Waals surface area contributed by atoms with Gasteiger partial charge in [0.15, 0.2) is 0 Å². The van der Waals surface area contributed by atoms with Crippen LogP contribution in [0.2, 0.25) is 5.02 Å². The lowest BCUT2D eigenvalue weighted by atomic mass is 10.0. The summed E-state index contributed by atoms with van der Waals surface area (Å²) in [7, 11) is 0. The molecule has 2 aromatic rings. The highest BCUT2D eigenvalue weighted by atomic mass is 35.5. The Morgan fingerprint density at radius 1 is 1.33 bits per heavy atom. The maximum atomic E-state index is 12.5. The number of aryl methyl sites for hydroxylation is 1. The summed E-state index contributed by atoms with van der Waals surface area (Å²) in [4.78, 5) is 23.0. The summed E-state index contributed by atoms with van der Waals surface area (Å²) in [5.41, 5.74) is 2.32. The van der Waals surface area contributed by atoms with E-state index in [1.165, 1.54) is 12.6 Å². The molecule has 1 N–H and O–H groups in total. The molecule has 0 bridgehead atoms. The second kappa shape index (κ2) is 7.18. The monoisotopic (exact) mass is 344 g/mol. The summed E-state index contributed by atoms with van der Waals surface area (Å²) in [5, 5.41) is 3.84. The van der Waals surface area contributed by atoms with Gasteiger partial charge in [0.1, 0.15) is 11.5 Å². The van der Waals surface area contributed by atoms with E-state index < -0.39 is 0 Å². The zero-order chi connectivity index (χ0) is 17.1. The van der Waals surface area contributed by atoms with Gasteiger partial charge in [-0.1, -0.05) is 24.6 Å². The maximum Gasteiger partial charge on any atom is 0.274 e. The highest BCUT2D eigenvalue weighted by Crippen LogP contribution is 2.23. The van der Waals surface area contributed by atoms with Crippen LogP contribution in [0.4, 0.5) is 11.5 Å². The molecular weight excluding hydrogens is 324 g/mol. The number of hydrogen-bond donors (Lipinski definition) is 1. The summed E-state index contributed by atoms with van der Waals surface area (Å²) in [6, 6.07) is 5.62. The van der Waals surface area contributed by atoms with E-state index in [2.05, 4.69) is 22.2 Å². The highest BCUT2D eigenvalue weighted by Gasteiger charge is 2.23. The summed E-state index contributed by atoms with van der Waals surface area (Å²) < 4.78 is 0. The standard InChI is InChI=1S/C18H21ClN4O/c1-12-4-3-7-23(11-12)18(24)16-9-21-17(10-20-16)22-15-8-14(19)6-5-13(15)2/h5-6,8-10,12H,3-4,7,11H2,1-2H3,(H,21,22). The van der Waals surface area contributed by atoms with Crippen molar-refractivity contribution in [1.29, 1.82) is 0 Å². The van der Waals surface area contributed by atoms with Gasteiger partial charge in [0.25, 0.3) is 5.91 Å². The molecule has 1 aliphatic heterocycles. The molecule has 0 saturated carbocycles. The fraction of sp³-hybridized carbons (Fsp3) is 0.389. The minimum absolute atomic E-state index is 0.0421. The highest BCUT2D eigenvalue weighted by molar-refractivity contribution is 6.30. The Morgan fingerprint density at radius 2 is 2.17 bits per heavy atom. The number of nitrogens with one attached hydrogen (secondary N) is 1. The lowest BCUT2D eigenvalue weighted by Crippen LogP contribution is -2.39. The minimum atomic E-state index is -0.0421. The second-order valence-electron chi connectivity index (χ2n) is 6.37. The van der Waals surface area contributed by atoms with Gasteiger partial charge >= 0.3 is 0 Å². The molecule has 1 aromatic heterocycles. The largest absolute Gasteiger partial charge is 0.339 e. The van der Waals surface area contributed by atoms with E-state index in [0.29, 0.717) is 22.5 Å². The molecule has 3 rings (SSSR count). The van der Waals surface area contributed by atoms with Crippen molar-refractivity contribution < 1.29 is 4.79 Å². The third-order valence-corrected chi connectivity index (χ3v) is 4.51. The van der Waals surface area contributed by atoms with Crippen LogP contribution in [0.15, 0.2) is 30.6 Å². The van der Waals surface area contributed by atoms with Crippen LogP contribution < -0.4 is 5.32 Å². The Morgan fingerprint density at radius 3 is 2.88 bits per heavy atom. The molecule has 5 nitrogen and oxygen atoms in total. The first-order valence-corrected chi connectivity index (χ1v) is 8.55. The van der Waals surface area contributed by atoms with Crippen molar-refractivity contribution in [2.75, 3.05) is 18.4 Å². The fourth-order valence-electron chi connectivity index (χ4n) is 2.91. The van der Waals surface area contributed by atoms with Crippen molar-refractivity contribution in [3.8, 4) is 0 Å². The molecule has 1 amide bonds. The Kier molecular flexibility index (Phi) is 5.00. The first-order chi connectivity index (χ1) is 11.5. The number of benzene rings is 1. The number of hydrogen-bond acceptors (Lipinski definition) is 4. The van der Waals surface area contributed by atoms with E-state index in [1.54, 1.807) is 6.20 Å². The van der Waals surface area contributed by atoms with E-state index in [0.717, 1.165) is 30.8 Å². The molecule has 24 heavy (non-hydrogen) atoms. The lowest BCUT2D eigenvalue weighted by molar-refractivity contribution is 0.0676. The van der Waals surface area contributed by atoms with Crippen LogP contribution in [-0.2, 0) is 0 Å². The summed E-state index contributed by atoms with van der Waals surface area (Å²) in [5.74, 6) is 1.09. The smallest absolute Gasteiger partial charge is 0.274 e. The Labute approximate surface area is 147 Å². The zero-order valence-electron chi connectivity index (χ0n) is 13.9. The van der Waals surface area contributed by atoms with Crippen molar-refractivity contribution in [2.24, 2.45) is 5.92 Å². The van der Waals surface area contributed by atoms with E-state index >= 15 is 0 Å². The number of carbonyl (C=O) groups excluding carboxylic acids is 1. The van der Waals surface area contributed by atoms with Crippen LogP contribution in [-0.4, -0.2) is 33.9 Å².